The van der Waals surface area contributed by atoms with Gasteiger partial charge in [0, 0.05) is 12.1 Å². The molecule has 2 aromatic carbocycles. The molecule has 0 amide bonds. The average Bonchev–Trinajstić information content (AvgIpc) is 2.46. The van der Waals surface area contributed by atoms with Gasteiger partial charge in [-0.1, -0.05) is 24.3 Å². The Kier molecular flexibility index (Phi) is 4.56. The molecule has 0 aliphatic rings. The SMILES string of the molecule is N#Cc1ccccc1COc1ccc(CN)cc1Br. The maximum atomic E-state index is 9.01. The predicted octanol–water partition coefficient (Wildman–Crippen LogP) is 3.36. The lowest BCUT2D eigenvalue weighted by Gasteiger charge is -2.10. The highest BCUT2D eigenvalue weighted by Gasteiger charge is 2.05. The highest BCUT2D eigenvalue weighted by atomic mass is 79.9. The van der Waals surface area contributed by atoms with Crippen LogP contribution in [0.15, 0.2) is 46.9 Å². The van der Waals surface area contributed by atoms with E-state index >= 15 is 0 Å². The van der Waals surface area contributed by atoms with E-state index in [1.54, 1.807) is 6.07 Å². The molecule has 0 aliphatic carbocycles. The van der Waals surface area contributed by atoms with Crippen molar-refractivity contribution in [3.8, 4) is 11.8 Å². The summed E-state index contributed by atoms with van der Waals surface area (Å²) in [5.41, 5.74) is 8.12. The Bertz CT molecular complexity index is 620. The molecule has 2 rings (SSSR count). The minimum absolute atomic E-state index is 0.365. The Hall–Kier alpha value is -1.83. The second-order valence-corrected chi connectivity index (χ2v) is 4.88. The van der Waals surface area contributed by atoms with Crippen LogP contribution in [0.5, 0.6) is 5.75 Å². The topological polar surface area (TPSA) is 59.0 Å². The Morgan fingerprint density at radius 1 is 1.21 bits per heavy atom. The summed E-state index contributed by atoms with van der Waals surface area (Å²) in [4.78, 5) is 0. The lowest BCUT2D eigenvalue weighted by Crippen LogP contribution is -2.00. The van der Waals surface area contributed by atoms with E-state index in [9.17, 15) is 0 Å². The van der Waals surface area contributed by atoms with Gasteiger partial charge in [0.25, 0.3) is 0 Å². The van der Waals surface area contributed by atoms with E-state index in [0.717, 1.165) is 21.3 Å². The molecule has 19 heavy (non-hydrogen) atoms. The molecule has 3 nitrogen and oxygen atoms in total. The summed E-state index contributed by atoms with van der Waals surface area (Å²) in [6, 6.07) is 15.3. The van der Waals surface area contributed by atoms with E-state index in [0.29, 0.717) is 18.7 Å². The van der Waals surface area contributed by atoms with E-state index < -0.39 is 0 Å². The Balaban J connectivity index is 2.13. The molecule has 0 atom stereocenters. The molecule has 0 fully saturated rings. The summed E-state index contributed by atoms with van der Waals surface area (Å²) in [6.45, 7) is 0.862. The van der Waals surface area contributed by atoms with Crippen molar-refractivity contribution in [3.63, 3.8) is 0 Å². The summed E-state index contributed by atoms with van der Waals surface area (Å²) in [5, 5.41) is 9.01. The molecule has 0 bridgehead atoms. The van der Waals surface area contributed by atoms with Crippen LogP contribution in [0.25, 0.3) is 0 Å². The molecular weight excluding hydrogens is 304 g/mol. The maximum absolute atomic E-state index is 9.01. The van der Waals surface area contributed by atoms with Gasteiger partial charge in [0.1, 0.15) is 12.4 Å². The van der Waals surface area contributed by atoms with Gasteiger partial charge < -0.3 is 10.5 Å². The number of rotatable bonds is 4. The Morgan fingerprint density at radius 3 is 2.68 bits per heavy atom. The number of nitrogens with two attached hydrogens (primary N) is 1. The molecule has 0 saturated heterocycles. The van der Waals surface area contributed by atoms with Crippen molar-refractivity contribution in [2.45, 2.75) is 13.2 Å². The molecular formula is C15H13BrN2O. The smallest absolute Gasteiger partial charge is 0.134 e. The third-order valence-electron chi connectivity index (χ3n) is 2.75. The van der Waals surface area contributed by atoms with E-state index in [1.807, 2.05) is 36.4 Å². The van der Waals surface area contributed by atoms with E-state index in [-0.39, 0.29) is 0 Å². The third kappa shape index (κ3) is 3.34. The van der Waals surface area contributed by atoms with Crippen LogP contribution >= 0.6 is 15.9 Å². The van der Waals surface area contributed by atoms with E-state index in [1.165, 1.54) is 0 Å². The van der Waals surface area contributed by atoms with Gasteiger partial charge in [-0.25, -0.2) is 0 Å². The minimum atomic E-state index is 0.365. The summed E-state index contributed by atoms with van der Waals surface area (Å²) in [7, 11) is 0. The number of nitrogens with zero attached hydrogens (tertiary/aromatic N) is 1. The first-order valence-electron chi connectivity index (χ1n) is 5.84. The van der Waals surface area contributed by atoms with Crippen molar-refractivity contribution >= 4 is 15.9 Å². The Morgan fingerprint density at radius 2 is 2.00 bits per heavy atom. The fraction of sp³-hybridized carbons (Fsp3) is 0.133. The second-order valence-electron chi connectivity index (χ2n) is 4.03. The van der Waals surface area contributed by atoms with Crippen LogP contribution in [0.1, 0.15) is 16.7 Å². The van der Waals surface area contributed by atoms with Gasteiger partial charge in [0.05, 0.1) is 16.1 Å². The monoisotopic (exact) mass is 316 g/mol. The van der Waals surface area contributed by atoms with Gasteiger partial charge in [-0.15, -0.1) is 0 Å². The van der Waals surface area contributed by atoms with Crippen LogP contribution in [-0.4, -0.2) is 0 Å². The first kappa shape index (κ1) is 13.6. The molecule has 0 aliphatic heterocycles. The summed E-state index contributed by atoms with van der Waals surface area (Å²) < 4.78 is 6.59. The van der Waals surface area contributed by atoms with Crippen LogP contribution < -0.4 is 10.5 Å². The highest BCUT2D eigenvalue weighted by molar-refractivity contribution is 9.10. The van der Waals surface area contributed by atoms with Crippen molar-refractivity contribution < 1.29 is 4.74 Å². The van der Waals surface area contributed by atoms with Crippen LogP contribution in [0.3, 0.4) is 0 Å². The van der Waals surface area contributed by atoms with Crippen molar-refractivity contribution in [1.29, 1.82) is 5.26 Å². The molecule has 0 heterocycles. The fourth-order valence-electron chi connectivity index (χ4n) is 1.70. The van der Waals surface area contributed by atoms with Crippen molar-refractivity contribution in [2.75, 3.05) is 0 Å². The number of nitriles is 1. The van der Waals surface area contributed by atoms with Crippen molar-refractivity contribution in [1.82, 2.24) is 0 Å². The molecule has 2 N–H and O–H groups in total. The first-order valence-corrected chi connectivity index (χ1v) is 6.63. The Labute approximate surface area is 120 Å². The van der Waals surface area contributed by atoms with Gasteiger partial charge in [-0.05, 0) is 39.7 Å². The predicted molar refractivity (Wildman–Crippen MR) is 77.5 cm³/mol. The number of hydrogen-bond acceptors (Lipinski definition) is 3. The van der Waals surface area contributed by atoms with E-state index in [2.05, 4.69) is 22.0 Å². The van der Waals surface area contributed by atoms with Gasteiger partial charge in [-0.3, -0.25) is 0 Å². The number of halogens is 1. The van der Waals surface area contributed by atoms with Gasteiger partial charge >= 0.3 is 0 Å². The quantitative estimate of drug-likeness (QED) is 0.940. The van der Waals surface area contributed by atoms with Crippen molar-refractivity contribution in [3.05, 3.63) is 63.6 Å². The van der Waals surface area contributed by atoms with E-state index in [4.69, 9.17) is 15.7 Å². The van der Waals surface area contributed by atoms with Crippen LogP contribution in [0, 0.1) is 11.3 Å². The maximum Gasteiger partial charge on any atom is 0.134 e. The minimum Gasteiger partial charge on any atom is -0.488 e. The molecule has 96 valence electrons. The average molecular weight is 317 g/mol. The summed E-state index contributed by atoms with van der Waals surface area (Å²) in [6.07, 6.45) is 0. The first-order chi connectivity index (χ1) is 9.24. The molecule has 2 aromatic rings. The number of hydrogen-bond donors (Lipinski definition) is 1. The van der Waals surface area contributed by atoms with Crippen molar-refractivity contribution in [2.24, 2.45) is 5.73 Å². The molecule has 0 spiro atoms. The fourth-order valence-corrected chi connectivity index (χ4v) is 2.24. The summed E-state index contributed by atoms with van der Waals surface area (Å²) in [5.74, 6) is 0.741. The zero-order chi connectivity index (χ0) is 13.7. The molecule has 0 radical (unpaired) electrons. The van der Waals surface area contributed by atoms with Crippen LogP contribution in [0.2, 0.25) is 0 Å². The summed E-state index contributed by atoms with van der Waals surface area (Å²) >= 11 is 3.45. The van der Waals surface area contributed by atoms with Gasteiger partial charge in [0.15, 0.2) is 0 Å². The van der Waals surface area contributed by atoms with Crippen LogP contribution in [0.4, 0.5) is 0 Å². The lowest BCUT2D eigenvalue weighted by atomic mass is 10.1. The second kappa shape index (κ2) is 6.37. The number of ether oxygens (including phenoxy) is 1. The lowest BCUT2D eigenvalue weighted by molar-refractivity contribution is 0.304. The molecule has 0 aromatic heterocycles. The molecule has 4 heteroatoms. The van der Waals surface area contributed by atoms with Gasteiger partial charge in [-0.2, -0.15) is 5.26 Å². The highest BCUT2D eigenvalue weighted by Crippen LogP contribution is 2.27. The standard InChI is InChI=1S/C15H13BrN2O/c16-14-7-11(8-17)5-6-15(14)19-10-13-4-2-1-3-12(13)9-18/h1-7H,8,10,17H2. The zero-order valence-corrected chi connectivity index (χ0v) is 11.9. The third-order valence-corrected chi connectivity index (χ3v) is 3.37. The molecule has 0 unspecified atom stereocenters. The van der Waals surface area contributed by atoms with Crippen LogP contribution in [-0.2, 0) is 13.2 Å². The molecule has 0 saturated carbocycles. The number of benzene rings is 2. The zero-order valence-electron chi connectivity index (χ0n) is 10.3. The van der Waals surface area contributed by atoms with Gasteiger partial charge in [0.2, 0.25) is 0 Å². The largest absolute Gasteiger partial charge is 0.488 e. The normalized spacial score (nSPS) is 9.95.